The number of nitrogens with zero attached hydrogens (tertiary/aromatic N) is 4. The number of benzene rings is 1. The molecule has 5 nitrogen and oxygen atoms in total. The van der Waals surface area contributed by atoms with Gasteiger partial charge in [-0.15, -0.1) is 0 Å². The Morgan fingerprint density at radius 2 is 2.00 bits per heavy atom. The molecule has 0 saturated carbocycles. The quantitative estimate of drug-likeness (QED) is 0.844. The number of rotatable bonds is 7. The summed E-state index contributed by atoms with van der Waals surface area (Å²) in [6, 6.07) is 12.5. The molecule has 1 aromatic heterocycles. The molecule has 130 valence electrons. The summed E-state index contributed by atoms with van der Waals surface area (Å²) in [5, 5.41) is 14.8. The summed E-state index contributed by atoms with van der Waals surface area (Å²) in [6.07, 6.45) is 4.55. The SMILES string of the molecule is CC[C@H]1CN(CCn2cccn2)CCN1C[C@@H](O)c1ccccc1. The molecule has 1 aliphatic rings. The zero-order valence-corrected chi connectivity index (χ0v) is 14.5. The highest BCUT2D eigenvalue weighted by atomic mass is 16.3. The monoisotopic (exact) mass is 328 g/mol. The van der Waals surface area contributed by atoms with Crippen LogP contribution in [-0.2, 0) is 6.54 Å². The van der Waals surface area contributed by atoms with E-state index in [1.165, 1.54) is 0 Å². The first kappa shape index (κ1) is 17.1. The summed E-state index contributed by atoms with van der Waals surface area (Å²) >= 11 is 0. The minimum Gasteiger partial charge on any atom is -0.387 e. The van der Waals surface area contributed by atoms with Gasteiger partial charge in [0.15, 0.2) is 0 Å². The molecule has 2 atom stereocenters. The van der Waals surface area contributed by atoms with Gasteiger partial charge in [-0.05, 0) is 18.1 Å². The number of hydrogen-bond acceptors (Lipinski definition) is 4. The Morgan fingerprint density at radius 3 is 2.71 bits per heavy atom. The van der Waals surface area contributed by atoms with Crippen molar-refractivity contribution in [3.63, 3.8) is 0 Å². The van der Waals surface area contributed by atoms with Crippen LogP contribution in [0.25, 0.3) is 0 Å². The highest BCUT2D eigenvalue weighted by molar-refractivity contribution is 5.17. The van der Waals surface area contributed by atoms with Crippen molar-refractivity contribution < 1.29 is 5.11 Å². The highest BCUT2D eigenvalue weighted by Gasteiger charge is 2.27. The van der Waals surface area contributed by atoms with Gasteiger partial charge in [-0.25, -0.2) is 0 Å². The largest absolute Gasteiger partial charge is 0.387 e. The van der Waals surface area contributed by atoms with Crippen LogP contribution in [0.2, 0.25) is 0 Å². The number of β-amino-alcohol motifs (C(OH)–C–C–N with tert-alkyl or cyclic N) is 1. The second-order valence-electron chi connectivity index (χ2n) is 6.55. The van der Waals surface area contributed by atoms with Crippen molar-refractivity contribution in [1.29, 1.82) is 0 Å². The predicted molar refractivity (Wildman–Crippen MR) is 95.7 cm³/mol. The smallest absolute Gasteiger partial charge is 0.0917 e. The van der Waals surface area contributed by atoms with Gasteiger partial charge >= 0.3 is 0 Å². The molecule has 0 spiro atoms. The van der Waals surface area contributed by atoms with Crippen LogP contribution in [0.4, 0.5) is 0 Å². The molecule has 3 rings (SSSR count). The standard InChI is InChI=1S/C19H28N4O/c1-2-18-15-21(12-14-23-10-6-9-20-23)11-13-22(18)16-19(24)17-7-4-3-5-8-17/h3-10,18-19,24H,2,11-16H2,1H3/t18-,19+/m0/s1. The normalized spacial score (nSPS) is 21.0. The van der Waals surface area contributed by atoms with Crippen molar-refractivity contribution in [1.82, 2.24) is 19.6 Å². The van der Waals surface area contributed by atoms with E-state index in [9.17, 15) is 5.11 Å². The number of aliphatic hydroxyl groups is 1. The van der Waals surface area contributed by atoms with Crippen LogP contribution in [0.5, 0.6) is 0 Å². The molecule has 5 heteroatoms. The molecule has 0 radical (unpaired) electrons. The van der Waals surface area contributed by atoms with Crippen LogP contribution >= 0.6 is 0 Å². The molecule has 24 heavy (non-hydrogen) atoms. The van der Waals surface area contributed by atoms with E-state index in [2.05, 4.69) is 21.8 Å². The molecule has 0 bridgehead atoms. The van der Waals surface area contributed by atoms with E-state index in [-0.39, 0.29) is 0 Å². The van der Waals surface area contributed by atoms with Crippen molar-refractivity contribution in [2.45, 2.75) is 32.0 Å². The van der Waals surface area contributed by atoms with Crippen molar-refractivity contribution in [2.24, 2.45) is 0 Å². The second-order valence-corrected chi connectivity index (χ2v) is 6.55. The van der Waals surface area contributed by atoms with Gasteiger partial charge in [-0.1, -0.05) is 37.3 Å². The van der Waals surface area contributed by atoms with Crippen molar-refractivity contribution in [3.05, 3.63) is 54.4 Å². The number of aromatic nitrogens is 2. The maximum atomic E-state index is 10.5. The summed E-state index contributed by atoms with van der Waals surface area (Å²) < 4.78 is 1.99. The van der Waals surface area contributed by atoms with Crippen LogP contribution in [0.3, 0.4) is 0 Å². The van der Waals surface area contributed by atoms with Gasteiger partial charge < -0.3 is 5.11 Å². The van der Waals surface area contributed by atoms with Crippen molar-refractivity contribution in [2.75, 3.05) is 32.7 Å². The molecule has 2 aromatic rings. The Balaban J connectivity index is 1.51. The second kappa shape index (κ2) is 8.42. The fourth-order valence-electron chi connectivity index (χ4n) is 3.47. The average Bonchev–Trinajstić information content (AvgIpc) is 3.15. The van der Waals surface area contributed by atoms with Gasteiger partial charge in [0.1, 0.15) is 0 Å². The molecule has 0 unspecified atom stereocenters. The fourth-order valence-corrected chi connectivity index (χ4v) is 3.47. The van der Waals surface area contributed by atoms with Gasteiger partial charge in [0, 0.05) is 51.2 Å². The van der Waals surface area contributed by atoms with Gasteiger partial charge in [0.2, 0.25) is 0 Å². The molecule has 1 N–H and O–H groups in total. The third kappa shape index (κ3) is 4.44. The number of hydrogen-bond donors (Lipinski definition) is 1. The van der Waals surface area contributed by atoms with Crippen LogP contribution < -0.4 is 0 Å². The molecule has 1 fully saturated rings. The van der Waals surface area contributed by atoms with E-state index in [0.717, 1.165) is 51.3 Å². The molecule has 0 aliphatic carbocycles. The van der Waals surface area contributed by atoms with Crippen molar-refractivity contribution in [3.8, 4) is 0 Å². The van der Waals surface area contributed by atoms with E-state index < -0.39 is 6.10 Å². The van der Waals surface area contributed by atoms with Crippen LogP contribution in [-0.4, -0.2) is 63.5 Å². The lowest BCUT2D eigenvalue weighted by molar-refractivity contribution is 0.0295. The zero-order chi connectivity index (χ0) is 16.8. The summed E-state index contributed by atoms with van der Waals surface area (Å²) in [4.78, 5) is 4.96. The van der Waals surface area contributed by atoms with E-state index >= 15 is 0 Å². The first-order chi connectivity index (χ1) is 11.8. The molecule has 1 saturated heterocycles. The predicted octanol–water partition coefficient (Wildman–Crippen LogP) is 2.01. The highest BCUT2D eigenvalue weighted by Crippen LogP contribution is 2.19. The van der Waals surface area contributed by atoms with Crippen LogP contribution in [0.15, 0.2) is 48.8 Å². The fraction of sp³-hybridized carbons (Fsp3) is 0.526. The lowest BCUT2D eigenvalue weighted by Crippen LogP contribution is -2.54. The first-order valence-corrected chi connectivity index (χ1v) is 8.93. The summed E-state index contributed by atoms with van der Waals surface area (Å²) in [6.45, 7) is 8.07. The summed E-state index contributed by atoms with van der Waals surface area (Å²) in [5.41, 5.74) is 1.01. The lowest BCUT2D eigenvalue weighted by atomic mass is 10.1. The topological polar surface area (TPSA) is 44.5 Å². The van der Waals surface area contributed by atoms with Crippen LogP contribution in [0, 0.1) is 0 Å². The Kier molecular flexibility index (Phi) is 6.01. The number of piperazine rings is 1. The van der Waals surface area contributed by atoms with E-state index in [1.54, 1.807) is 0 Å². The van der Waals surface area contributed by atoms with Gasteiger partial charge in [-0.2, -0.15) is 5.10 Å². The minimum absolute atomic E-state index is 0.407. The molecule has 0 amide bonds. The third-order valence-corrected chi connectivity index (χ3v) is 4.96. The van der Waals surface area contributed by atoms with E-state index in [1.807, 2.05) is 53.5 Å². The van der Waals surface area contributed by atoms with Gasteiger partial charge in [0.05, 0.1) is 12.6 Å². The van der Waals surface area contributed by atoms with Gasteiger partial charge in [0.25, 0.3) is 0 Å². The Hall–Kier alpha value is -1.69. The maximum Gasteiger partial charge on any atom is 0.0917 e. The number of aliphatic hydroxyl groups excluding tert-OH is 1. The molecule has 1 aromatic carbocycles. The lowest BCUT2D eigenvalue weighted by Gasteiger charge is -2.42. The molecular weight excluding hydrogens is 300 g/mol. The van der Waals surface area contributed by atoms with Crippen molar-refractivity contribution >= 4 is 0 Å². The molecule has 1 aliphatic heterocycles. The summed E-state index contributed by atoms with van der Waals surface area (Å²) in [5.74, 6) is 0. The Morgan fingerprint density at radius 1 is 1.17 bits per heavy atom. The Labute approximate surface area is 144 Å². The molecule has 2 heterocycles. The maximum absolute atomic E-state index is 10.5. The van der Waals surface area contributed by atoms with E-state index in [4.69, 9.17) is 0 Å². The average molecular weight is 328 g/mol. The van der Waals surface area contributed by atoms with Crippen LogP contribution in [0.1, 0.15) is 25.0 Å². The first-order valence-electron chi connectivity index (χ1n) is 8.93. The zero-order valence-electron chi connectivity index (χ0n) is 14.5. The minimum atomic E-state index is -0.407. The van der Waals surface area contributed by atoms with Gasteiger partial charge in [-0.3, -0.25) is 14.5 Å². The molecular formula is C19H28N4O. The van der Waals surface area contributed by atoms with E-state index in [0.29, 0.717) is 6.04 Å². The third-order valence-electron chi connectivity index (χ3n) is 4.96. The summed E-state index contributed by atoms with van der Waals surface area (Å²) in [7, 11) is 0. The Bertz CT molecular complexity index is 587.